The van der Waals surface area contributed by atoms with E-state index in [0.717, 1.165) is 70.0 Å². The largest absolute Gasteiger partial charge is 0.379 e. The van der Waals surface area contributed by atoms with E-state index < -0.39 is 0 Å². The third kappa shape index (κ3) is 7.51. The van der Waals surface area contributed by atoms with Crippen molar-refractivity contribution < 1.29 is 4.74 Å². The molecule has 1 aromatic heterocycles. The fraction of sp³-hybridized carbons (Fsp3) is 0.824. The Labute approximate surface area is 161 Å². The minimum atomic E-state index is 0.523. The van der Waals surface area contributed by atoms with Crippen molar-refractivity contribution in [2.24, 2.45) is 12.0 Å². The summed E-state index contributed by atoms with van der Waals surface area (Å²) < 4.78 is 7.38. The van der Waals surface area contributed by atoms with E-state index in [0.29, 0.717) is 6.54 Å². The maximum Gasteiger partial charge on any atom is 0.191 e. The fourth-order valence-corrected chi connectivity index (χ4v) is 3.14. The van der Waals surface area contributed by atoms with E-state index in [1.54, 1.807) is 0 Å². The number of hydrogen-bond acceptors (Lipinski definition) is 6. The minimum absolute atomic E-state index is 0.523. The smallest absolute Gasteiger partial charge is 0.191 e. The van der Waals surface area contributed by atoms with Gasteiger partial charge in [-0.3, -0.25) is 4.90 Å². The number of rotatable bonds is 10. The van der Waals surface area contributed by atoms with Crippen LogP contribution in [0.3, 0.4) is 0 Å². The van der Waals surface area contributed by atoms with E-state index in [1.807, 2.05) is 30.3 Å². The van der Waals surface area contributed by atoms with Gasteiger partial charge < -0.3 is 19.9 Å². The van der Waals surface area contributed by atoms with Crippen LogP contribution in [0.4, 0.5) is 0 Å². The van der Waals surface area contributed by atoms with Crippen LogP contribution in [-0.4, -0.2) is 83.6 Å². The predicted molar refractivity (Wildman–Crippen MR) is 108 cm³/mol. The number of aryl methyl sites for hydroxylation is 1. The molecular weight excluding hydrogens is 350 g/mol. The molecule has 2 rings (SSSR count). The van der Waals surface area contributed by atoms with Gasteiger partial charge in [0.15, 0.2) is 11.8 Å². The normalized spacial score (nSPS) is 16.0. The standard InChI is InChI=1S/C17H33N7OS/c1-15-21-22-16(23(15)2)14-20-17(18-6-4-5-13-26-3)19-7-8-24-9-11-25-12-10-24/h4-14H2,1-3H3,(H2,18,19,20). The molecule has 0 spiro atoms. The lowest BCUT2D eigenvalue weighted by atomic mass is 10.3. The molecule has 26 heavy (non-hydrogen) atoms. The summed E-state index contributed by atoms with van der Waals surface area (Å²) in [7, 11) is 1.97. The molecule has 1 aliphatic rings. The van der Waals surface area contributed by atoms with Crippen LogP contribution in [-0.2, 0) is 18.3 Å². The number of nitrogens with one attached hydrogen (secondary N) is 2. The molecule has 2 heterocycles. The number of hydrogen-bond donors (Lipinski definition) is 2. The number of thioether (sulfide) groups is 1. The second-order valence-corrected chi connectivity index (χ2v) is 7.38. The van der Waals surface area contributed by atoms with Gasteiger partial charge >= 0.3 is 0 Å². The Morgan fingerprint density at radius 2 is 1.96 bits per heavy atom. The first-order valence-electron chi connectivity index (χ1n) is 9.37. The lowest BCUT2D eigenvalue weighted by Gasteiger charge is -2.26. The first kappa shape index (κ1) is 21.0. The average molecular weight is 384 g/mol. The van der Waals surface area contributed by atoms with Gasteiger partial charge in [0.1, 0.15) is 12.4 Å². The van der Waals surface area contributed by atoms with Gasteiger partial charge in [0.05, 0.1) is 13.2 Å². The van der Waals surface area contributed by atoms with Crippen molar-refractivity contribution in [3.8, 4) is 0 Å². The van der Waals surface area contributed by atoms with Crippen LogP contribution in [0, 0.1) is 6.92 Å². The van der Waals surface area contributed by atoms with Crippen LogP contribution in [0.15, 0.2) is 4.99 Å². The van der Waals surface area contributed by atoms with Gasteiger partial charge in [0, 0.05) is 39.8 Å². The topological polar surface area (TPSA) is 79.6 Å². The van der Waals surface area contributed by atoms with Crippen LogP contribution < -0.4 is 10.6 Å². The Hall–Kier alpha value is -1.32. The van der Waals surface area contributed by atoms with Crippen LogP contribution in [0.25, 0.3) is 0 Å². The molecule has 148 valence electrons. The molecular formula is C17H33N7OS. The number of unbranched alkanes of at least 4 members (excludes halogenated alkanes) is 1. The summed E-state index contributed by atoms with van der Waals surface area (Å²) >= 11 is 1.89. The molecule has 0 aromatic carbocycles. The summed E-state index contributed by atoms with van der Waals surface area (Å²) in [5.41, 5.74) is 0. The Morgan fingerprint density at radius 1 is 1.19 bits per heavy atom. The Kier molecular flexibility index (Phi) is 9.80. The van der Waals surface area contributed by atoms with Gasteiger partial charge in [-0.15, -0.1) is 10.2 Å². The molecule has 0 unspecified atom stereocenters. The van der Waals surface area contributed by atoms with Crippen LogP contribution in [0.1, 0.15) is 24.5 Å². The van der Waals surface area contributed by atoms with Crippen molar-refractivity contribution in [3.63, 3.8) is 0 Å². The van der Waals surface area contributed by atoms with Gasteiger partial charge in [-0.05, 0) is 31.8 Å². The highest BCUT2D eigenvalue weighted by molar-refractivity contribution is 7.98. The average Bonchev–Trinajstić information content (AvgIpc) is 2.98. The summed E-state index contributed by atoms with van der Waals surface area (Å²) in [5.74, 6) is 3.83. The molecule has 0 amide bonds. The van der Waals surface area contributed by atoms with E-state index >= 15 is 0 Å². The monoisotopic (exact) mass is 383 g/mol. The zero-order valence-corrected chi connectivity index (χ0v) is 17.1. The summed E-state index contributed by atoms with van der Waals surface area (Å²) in [6, 6.07) is 0. The summed E-state index contributed by atoms with van der Waals surface area (Å²) in [6.07, 6.45) is 4.52. The molecule has 0 saturated carbocycles. The first-order valence-corrected chi connectivity index (χ1v) is 10.8. The van der Waals surface area contributed by atoms with Crippen LogP contribution in [0.5, 0.6) is 0 Å². The molecule has 1 fully saturated rings. The number of ether oxygens (including phenoxy) is 1. The third-order valence-electron chi connectivity index (χ3n) is 4.45. The molecule has 0 radical (unpaired) electrons. The van der Waals surface area contributed by atoms with Crippen molar-refractivity contribution in [1.82, 2.24) is 30.3 Å². The van der Waals surface area contributed by atoms with Crippen LogP contribution >= 0.6 is 11.8 Å². The van der Waals surface area contributed by atoms with Crippen molar-refractivity contribution in [3.05, 3.63) is 11.6 Å². The van der Waals surface area contributed by atoms with Crippen molar-refractivity contribution in [2.75, 3.05) is 57.9 Å². The van der Waals surface area contributed by atoms with Gasteiger partial charge in [0.25, 0.3) is 0 Å². The Morgan fingerprint density at radius 3 is 2.65 bits per heavy atom. The fourth-order valence-electron chi connectivity index (χ4n) is 2.65. The molecule has 1 aromatic rings. The lowest BCUT2D eigenvalue weighted by molar-refractivity contribution is 0.0389. The maximum atomic E-state index is 5.40. The zero-order valence-electron chi connectivity index (χ0n) is 16.3. The molecule has 9 heteroatoms. The lowest BCUT2D eigenvalue weighted by Crippen LogP contribution is -2.44. The number of aliphatic imine (C=N–C) groups is 1. The van der Waals surface area contributed by atoms with E-state index in [-0.39, 0.29) is 0 Å². The Bertz CT molecular complexity index is 543. The summed E-state index contributed by atoms with van der Waals surface area (Å²) in [6.45, 7) is 8.96. The molecule has 0 bridgehead atoms. The highest BCUT2D eigenvalue weighted by Crippen LogP contribution is 2.00. The number of guanidine groups is 1. The molecule has 1 aliphatic heterocycles. The van der Waals surface area contributed by atoms with Crippen molar-refractivity contribution >= 4 is 17.7 Å². The first-order chi connectivity index (χ1) is 12.7. The van der Waals surface area contributed by atoms with Crippen LogP contribution in [0.2, 0.25) is 0 Å². The van der Waals surface area contributed by atoms with E-state index in [2.05, 4.69) is 32.0 Å². The van der Waals surface area contributed by atoms with Gasteiger partial charge in [-0.1, -0.05) is 0 Å². The summed E-state index contributed by atoms with van der Waals surface area (Å²) in [4.78, 5) is 7.11. The van der Waals surface area contributed by atoms with Gasteiger partial charge in [0.2, 0.25) is 0 Å². The number of aromatic nitrogens is 3. The third-order valence-corrected chi connectivity index (χ3v) is 5.15. The van der Waals surface area contributed by atoms with Crippen molar-refractivity contribution in [1.29, 1.82) is 0 Å². The van der Waals surface area contributed by atoms with Gasteiger partial charge in [-0.25, -0.2) is 4.99 Å². The highest BCUT2D eigenvalue weighted by atomic mass is 32.2. The second-order valence-electron chi connectivity index (χ2n) is 6.39. The van der Waals surface area contributed by atoms with Crippen molar-refractivity contribution in [2.45, 2.75) is 26.3 Å². The molecule has 2 N–H and O–H groups in total. The SMILES string of the molecule is CSCCCCNC(=NCc1nnc(C)n1C)NCCN1CCOCC1. The number of morpholine rings is 1. The quantitative estimate of drug-likeness (QED) is 0.349. The zero-order chi connectivity index (χ0) is 18.6. The van der Waals surface area contributed by atoms with E-state index in [4.69, 9.17) is 9.73 Å². The Balaban J connectivity index is 1.81. The van der Waals surface area contributed by atoms with Gasteiger partial charge in [-0.2, -0.15) is 11.8 Å². The highest BCUT2D eigenvalue weighted by Gasteiger charge is 2.10. The molecule has 1 saturated heterocycles. The maximum absolute atomic E-state index is 5.40. The minimum Gasteiger partial charge on any atom is -0.379 e. The molecule has 8 nitrogen and oxygen atoms in total. The number of nitrogens with zero attached hydrogens (tertiary/aromatic N) is 5. The molecule has 0 atom stereocenters. The van der Waals surface area contributed by atoms with E-state index in [1.165, 1.54) is 12.2 Å². The van der Waals surface area contributed by atoms with E-state index in [9.17, 15) is 0 Å². The molecule has 0 aliphatic carbocycles. The predicted octanol–water partition coefficient (Wildman–Crippen LogP) is 0.634. The second kappa shape index (κ2) is 12.1. The summed E-state index contributed by atoms with van der Waals surface area (Å²) in [5, 5.41) is 15.2.